The summed E-state index contributed by atoms with van der Waals surface area (Å²) in [5.74, 6) is 3.27. The van der Waals surface area contributed by atoms with Crippen molar-refractivity contribution in [2.24, 2.45) is 0 Å². The van der Waals surface area contributed by atoms with Crippen LogP contribution in [0.4, 0.5) is 0 Å². The van der Waals surface area contributed by atoms with Crippen LogP contribution >= 0.6 is 11.8 Å². The van der Waals surface area contributed by atoms with E-state index in [9.17, 15) is 5.11 Å². The number of nitrogens with zero attached hydrogens (tertiary/aromatic N) is 2. The average molecular weight is 278 g/mol. The zero-order chi connectivity index (χ0) is 13.1. The van der Waals surface area contributed by atoms with Crippen LogP contribution in [0.1, 0.15) is 17.6 Å². The van der Waals surface area contributed by atoms with Crippen LogP contribution in [0.2, 0.25) is 0 Å². The summed E-state index contributed by atoms with van der Waals surface area (Å²) in [6.45, 7) is 0.267. The summed E-state index contributed by atoms with van der Waals surface area (Å²) in [4.78, 5) is 4.28. The molecule has 0 spiro atoms. The van der Waals surface area contributed by atoms with Crippen LogP contribution in [0.15, 0.2) is 34.9 Å². The Morgan fingerprint density at radius 3 is 2.89 bits per heavy atom. The van der Waals surface area contributed by atoms with Crippen molar-refractivity contribution in [1.29, 1.82) is 0 Å². The number of hydrogen-bond donors (Lipinski definition) is 1. The van der Waals surface area contributed by atoms with E-state index >= 15 is 0 Å². The quantitative estimate of drug-likeness (QED) is 0.920. The third-order valence-electron chi connectivity index (χ3n) is 2.96. The molecule has 2 aromatic rings. The SMILES string of the molecule is OC1CSCC1c1nc(COc2ccccc2)no1. The fraction of sp³-hybridized carbons (Fsp3) is 0.385. The number of aliphatic hydroxyl groups is 1. The van der Waals surface area contributed by atoms with Gasteiger partial charge in [0.25, 0.3) is 0 Å². The molecule has 1 saturated heterocycles. The Kier molecular flexibility index (Phi) is 3.70. The minimum Gasteiger partial charge on any atom is -0.485 e. The van der Waals surface area contributed by atoms with Crippen molar-refractivity contribution in [3.63, 3.8) is 0 Å². The van der Waals surface area contributed by atoms with E-state index in [4.69, 9.17) is 9.26 Å². The van der Waals surface area contributed by atoms with Gasteiger partial charge in [0.15, 0.2) is 6.61 Å². The summed E-state index contributed by atoms with van der Waals surface area (Å²) in [5, 5.41) is 13.7. The molecule has 1 aromatic heterocycles. The van der Waals surface area contributed by atoms with Gasteiger partial charge in [-0.2, -0.15) is 16.7 Å². The first kappa shape index (κ1) is 12.5. The predicted molar refractivity (Wildman–Crippen MR) is 71.1 cm³/mol. The monoisotopic (exact) mass is 278 g/mol. The Balaban J connectivity index is 1.62. The van der Waals surface area contributed by atoms with E-state index in [-0.39, 0.29) is 12.5 Å². The van der Waals surface area contributed by atoms with Gasteiger partial charge in [-0.15, -0.1) is 0 Å². The Morgan fingerprint density at radius 1 is 1.32 bits per heavy atom. The molecule has 1 N–H and O–H groups in total. The maximum absolute atomic E-state index is 9.78. The molecule has 3 rings (SSSR count). The molecule has 0 saturated carbocycles. The molecule has 2 unspecified atom stereocenters. The van der Waals surface area contributed by atoms with Gasteiger partial charge in [-0.1, -0.05) is 23.4 Å². The Labute approximate surface area is 115 Å². The minimum atomic E-state index is -0.395. The Morgan fingerprint density at radius 2 is 2.16 bits per heavy atom. The lowest BCUT2D eigenvalue weighted by Gasteiger charge is -2.06. The molecule has 2 heterocycles. The first-order chi connectivity index (χ1) is 9.33. The molecule has 19 heavy (non-hydrogen) atoms. The number of rotatable bonds is 4. The summed E-state index contributed by atoms with van der Waals surface area (Å²) < 4.78 is 10.7. The topological polar surface area (TPSA) is 68.4 Å². The molecular weight excluding hydrogens is 264 g/mol. The number of para-hydroxylation sites is 1. The lowest BCUT2D eigenvalue weighted by molar-refractivity contribution is 0.164. The van der Waals surface area contributed by atoms with Crippen LogP contribution < -0.4 is 4.74 Å². The second-order valence-corrected chi connectivity index (χ2v) is 5.44. The van der Waals surface area contributed by atoms with Crippen molar-refractivity contribution in [2.75, 3.05) is 11.5 Å². The molecule has 6 heteroatoms. The number of aliphatic hydroxyl groups excluding tert-OH is 1. The zero-order valence-corrected chi connectivity index (χ0v) is 11.0. The lowest BCUT2D eigenvalue weighted by Crippen LogP contribution is -2.16. The summed E-state index contributed by atoms with van der Waals surface area (Å²) in [5.41, 5.74) is 0. The third-order valence-corrected chi connectivity index (χ3v) is 4.13. The normalized spacial score (nSPS) is 22.6. The molecule has 0 amide bonds. The van der Waals surface area contributed by atoms with Crippen LogP contribution in [0.25, 0.3) is 0 Å². The van der Waals surface area contributed by atoms with Crippen molar-refractivity contribution < 1.29 is 14.4 Å². The second kappa shape index (κ2) is 5.63. The summed E-state index contributed by atoms with van der Waals surface area (Å²) in [6.07, 6.45) is -0.395. The van der Waals surface area contributed by atoms with Gasteiger partial charge in [-0.25, -0.2) is 0 Å². The van der Waals surface area contributed by atoms with E-state index in [1.165, 1.54) is 0 Å². The highest BCUT2D eigenvalue weighted by molar-refractivity contribution is 7.99. The summed E-state index contributed by atoms with van der Waals surface area (Å²) in [6, 6.07) is 9.49. The third kappa shape index (κ3) is 2.90. The van der Waals surface area contributed by atoms with Crippen molar-refractivity contribution >= 4 is 11.8 Å². The fourth-order valence-corrected chi connectivity index (χ4v) is 3.15. The van der Waals surface area contributed by atoms with Crippen LogP contribution in [-0.4, -0.2) is 32.9 Å². The van der Waals surface area contributed by atoms with E-state index in [1.807, 2.05) is 30.3 Å². The van der Waals surface area contributed by atoms with Gasteiger partial charge in [-0.3, -0.25) is 0 Å². The lowest BCUT2D eigenvalue weighted by atomic mass is 10.1. The van der Waals surface area contributed by atoms with Crippen LogP contribution in [0.5, 0.6) is 5.75 Å². The highest BCUT2D eigenvalue weighted by Crippen LogP contribution is 2.31. The minimum absolute atomic E-state index is 0.0528. The first-order valence-corrected chi connectivity index (χ1v) is 7.24. The van der Waals surface area contributed by atoms with E-state index in [0.29, 0.717) is 11.7 Å². The highest BCUT2D eigenvalue weighted by atomic mass is 32.2. The number of ether oxygens (including phenoxy) is 1. The van der Waals surface area contributed by atoms with Gasteiger partial charge < -0.3 is 14.4 Å². The number of thioether (sulfide) groups is 1. The van der Waals surface area contributed by atoms with E-state index in [2.05, 4.69) is 10.1 Å². The first-order valence-electron chi connectivity index (χ1n) is 6.09. The molecule has 1 aliphatic rings. The van der Waals surface area contributed by atoms with Gasteiger partial charge in [-0.05, 0) is 12.1 Å². The second-order valence-electron chi connectivity index (χ2n) is 4.36. The summed E-state index contributed by atoms with van der Waals surface area (Å²) >= 11 is 1.70. The van der Waals surface area contributed by atoms with Crippen LogP contribution in [-0.2, 0) is 6.61 Å². The number of hydrogen-bond acceptors (Lipinski definition) is 6. The van der Waals surface area contributed by atoms with Gasteiger partial charge >= 0.3 is 0 Å². The van der Waals surface area contributed by atoms with Gasteiger partial charge in [0, 0.05) is 11.5 Å². The Hall–Kier alpha value is -1.53. The summed E-state index contributed by atoms with van der Waals surface area (Å²) in [7, 11) is 0. The van der Waals surface area contributed by atoms with E-state index in [1.54, 1.807) is 11.8 Å². The molecule has 0 bridgehead atoms. The van der Waals surface area contributed by atoms with Crippen LogP contribution in [0.3, 0.4) is 0 Å². The maximum atomic E-state index is 9.78. The largest absolute Gasteiger partial charge is 0.485 e. The predicted octanol–water partition coefficient (Wildman–Crippen LogP) is 1.84. The molecule has 1 fully saturated rings. The molecule has 2 atom stereocenters. The molecule has 5 nitrogen and oxygen atoms in total. The van der Waals surface area contributed by atoms with E-state index < -0.39 is 6.10 Å². The fourth-order valence-electron chi connectivity index (χ4n) is 1.92. The Bertz CT molecular complexity index is 532. The highest BCUT2D eigenvalue weighted by Gasteiger charge is 2.32. The molecule has 1 aliphatic heterocycles. The van der Waals surface area contributed by atoms with Gasteiger partial charge in [0.2, 0.25) is 11.7 Å². The number of aromatic nitrogens is 2. The molecular formula is C13H14N2O3S. The standard InChI is InChI=1S/C13H14N2O3S/c16-11-8-19-7-10(11)13-14-12(15-18-13)6-17-9-4-2-1-3-5-9/h1-5,10-11,16H,6-8H2. The molecule has 0 radical (unpaired) electrons. The molecule has 0 aliphatic carbocycles. The van der Waals surface area contributed by atoms with E-state index in [0.717, 1.165) is 17.3 Å². The maximum Gasteiger partial charge on any atom is 0.233 e. The smallest absolute Gasteiger partial charge is 0.233 e. The van der Waals surface area contributed by atoms with Crippen molar-refractivity contribution in [2.45, 2.75) is 18.6 Å². The zero-order valence-electron chi connectivity index (χ0n) is 10.2. The molecule has 1 aromatic carbocycles. The van der Waals surface area contributed by atoms with Crippen molar-refractivity contribution in [1.82, 2.24) is 10.1 Å². The van der Waals surface area contributed by atoms with Crippen molar-refractivity contribution in [3.05, 3.63) is 42.0 Å². The average Bonchev–Trinajstić information content (AvgIpc) is 3.06. The molecule has 100 valence electrons. The van der Waals surface area contributed by atoms with Gasteiger partial charge in [0.1, 0.15) is 5.75 Å². The number of benzene rings is 1. The van der Waals surface area contributed by atoms with Crippen LogP contribution in [0, 0.1) is 0 Å². The van der Waals surface area contributed by atoms with Crippen molar-refractivity contribution in [3.8, 4) is 5.75 Å². The van der Waals surface area contributed by atoms with Gasteiger partial charge in [0.05, 0.1) is 12.0 Å².